The molecule has 0 fully saturated rings. The van der Waals surface area contributed by atoms with E-state index in [4.69, 9.17) is 15.2 Å². The Morgan fingerprint density at radius 2 is 2.12 bits per heavy atom. The highest BCUT2D eigenvalue weighted by molar-refractivity contribution is 5.69. The minimum atomic E-state index is -0.298. The lowest BCUT2D eigenvalue weighted by molar-refractivity contribution is -0.141. The molecule has 1 aromatic rings. The van der Waals surface area contributed by atoms with E-state index in [0.717, 1.165) is 11.3 Å². The van der Waals surface area contributed by atoms with Gasteiger partial charge in [-0.05, 0) is 18.2 Å². The molecular formula is C12H17NO4. The second kappa shape index (κ2) is 6.75. The highest BCUT2D eigenvalue weighted by atomic mass is 16.5. The molecule has 5 nitrogen and oxygen atoms in total. The molecule has 17 heavy (non-hydrogen) atoms. The predicted octanol–water partition coefficient (Wildman–Crippen LogP) is 1.10. The van der Waals surface area contributed by atoms with Crippen LogP contribution in [-0.2, 0) is 16.1 Å². The third kappa shape index (κ3) is 3.96. The van der Waals surface area contributed by atoms with Crippen molar-refractivity contribution >= 4 is 5.97 Å². The monoisotopic (exact) mass is 239 g/mol. The number of ether oxygens (including phenoxy) is 3. The fraction of sp³-hybridized carbons (Fsp3) is 0.417. The molecule has 0 aromatic heterocycles. The molecule has 1 rings (SSSR count). The van der Waals surface area contributed by atoms with Gasteiger partial charge in [0.15, 0.2) is 0 Å². The van der Waals surface area contributed by atoms with Crippen molar-refractivity contribution in [2.24, 2.45) is 5.73 Å². The van der Waals surface area contributed by atoms with E-state index in [-0.39, 0.29) is 19.0 Å². The maximum Gasteiger partial charge on any atom is 0.308 e. The van der Waals surface area contributed by atoms with Gasteiger partial charge in [0.1, 0.15) is 11.5 Å². The fourth-order valence-electron chi connectivity index (χ4n) is 1.33. The second-order valence-corrected chi connectivity index (χ2v) is 3.35. The maximum atomic E-state index is 10.9. The topological polar surface area (TPSA) is 70.8 Å². The number of carbonyl (C=O) groups excluding carboxylic acids is 1. The summed E-state index contributed by atoms with van der Waals surface area (Å²) in [6, 6.07) is 5.37. The summed E-state index contributed by atoms with van der Waals surface area (Å²) in [6.45, 7) is 0.622. The standard InChI is InChI=1S/C12H17NO4/c1-15-10-3-4-11(9(7-10)8-13)17-6-5-12(14)16-2/h3-4,7H,5-6,8,13H2,1-2H3. The Morgan fingerprint density at radius 3 is 2.71 bits per heavy atom. The van der Waals surface area contributed by atoms with Crippen LogP contribution < -0.4 is 15.2 Å². The van der Waals surface area contributed by atoms with E-state index in [1.165, 1.54) is 7.11 Å². The maximum absolute atomic E-state index is 10.9. The van der Waals surface area contributed by atoms with Gasteiger partial charge >= 0.3 is 5.97 Å². The first-order valence-corrected chi connectivity index (χ1v) is 5.28. The van der Waals surface area contributed by atoms with E-state index in [1.54, 1.807) is 19.2 Å². The van der Waals surface area contributed by atoms with Gasteiger partial charge in [0.25, 0.3) is 0 Å². The van der Waals surface area contributed by atoms with Gasteiger partial charge in [-0.2, -0.15) is 0 Å². The Bertz CT molecular complexity index is 379. The Balaban J connectivity index is 2.61. The Morgan fingerprint density at radius 1 is 1.35 bits per heavy atom. The average Bonchev–Trinajstić information content (AvgIpc) is 2.38. The molecule has 0 saturated carbocycles. The van der Waals surface area contributed by atoms with Gasteiger partial charge in [0.05, 0.1) is 27.2 Å². The zero-order valence-corrected chi connectivity index (χ0v) is 10.1. The molecule has 1 aromatic carbocycles. The lowest BCUT2D eigenvalue weighted by atomic mass is 10.2. The van der Waals surface area contributed by atoms with Crippen LogP contribution in [0.25, 0.3) is 0 Å². The molecule has 0 unspecified atom stereocenters. The minimum Gasteiger partial charge on any atom is -0.497 e. The van der Waals surface area contributed by atoms with Crippen LogP contribution >= 0.6 is 0 Å². The number of hydrogen-bond donors (Lipinski definition) is 1. The predicted molar refractivity (Wildman–Crippen MR) is 63.0 cm³/mol. The van der Waals surface area contributed by atoms with Gasteiger partial charge in [-0.15, -0.1) is 0 Å². The van der Waals surface area contributed by atoms with E-state index in [2.05, 4.69) is 4.74 Å². The molecule has 5 heteroatoms. The fourth-order valence-corrected chi connectivity index (χ4v) is 1.33. The first-order valence-electron chi connectivity index (χ1n) is 5.28. The Labute approximate surface area is 100 Å². The van der Waals surface area contributed by atoms with Crippen molar-refractivity contribution in [2.75, 3.05) is 20.8 Å². The van der Waals surface area contributed by atoms with Crippen molar-refractivity contribution in [1.82, 2.24) is 0 Å². The number of hydrogen-bond acceptors (Lipinski definition) is 5. The number of benzene rings is 1. The number of esters is 1. The molecule has 0 aliphatic rings. The van der Waals surface area contributed by atoms with Gasteiger partial charge in [0, 0.05) is 12.1 Å². The number of carbonyl (C=O) groups is 1. The van der Waals surface area contributed by atoms with Crippen molar-refractivity contribution in [2.45, 2.75) is 13.0 Å². The summed E-state index contributed by atoms with van der Waals surface area (Å²) < 4.78 is 15.1. The van der Waals surface area contributed by atoms with E-state index in [0.29, 0.717) is 12.3 Å². The molecule has 0 aliphatic heterocycles. The average molecular weight is 239 g/mol. The minimum absolute atomic E-state index is 0.215. The smallest absolute Gasteiger partial charge is 0.308 e. The first-order chi connectivity index (χ1) is 8.21. The van der Waals surface area contributed by atoms with Crippen LogP contribution in [0.4, 0.5) is 0 Å². The third-order valence-electron chi connectivity index (χ3n) is 2.28. The molecule has 94 valence electrons. The van der Waals surface area contributed by atoms with Crippen LogP contribution in [0.2, 0.25) is 0 Å². The van der Waals surface area contributed by atoms with E-state index >= 15 is 0 Å². The van der Waals surface area contributed by atoms with Crippen LogP contribution in [0.1, 0.15) is 12.0 Å². The van der Waals surface area contributed by atoms with E-state index < -0.39 is 0 Å². The van der Waals surface area contributed by atoms with Gasteiger partial charge in [0.2, 0.25) is 0 Å². The summed E-state index contributed by atoms with van der Waals surface area (Å²) in [5, 5.41) is 0. The summed E-state index contributed by atoms with van der Waals surface area (Å²) in [7, 11) is 2.94. The SMILES string of the molecule is COC(=O)CCOc1ccc(OC)cc1CN. The van der Waals surface area contributed by atoms with Crippen LogP contribution in [0.5, 0.6) is 11.5 Å². The quantitative estimate of drug-likeness (QED) is 0.752. The molecule has 0 atom stereocenters. The second-order valence-electron chi connectivity index (χ2n) is 3.35. The van der Waals surface area contributed by atoms with E-state index in [9.17, 15) is 4.79 Å². The summed E-state index contributed by atoms with van der Waals surface area (Å²) in [5.74, 6) is 1.09. The third-order valence-corrected chi connectivity index (χ3v) is 2.28. The molecule has 0 aliphatic carbocycles. The van der Waals surface area contributed by atoms with Crippen molar-refractivity contribution in [1.29, 1.82) is 0 Å². The highest BCUT2D eigenvalue weighted by Gasteiger charge is 2.06. The summed E-state index contributed by atoms with van der Waals surface area (Å²) in [4.78, 5) is 10.9. The van der Waals surface area contributed by atoms with Crippen LogP contribution in [0.15, 0.2) is 18.2 Å². The molecule has 0 heterocycles. The van der Waals surface area contributed by atoms with Gasteiger partial charge in [-0.1, -0.05) is 0 Å². The van der Waals surface area contributed by atoms with Crippen molar-refractivity contribution in [3.63, 3.8) is 0 Å². The van der Waals surface area contributed by atoms with Gasteiger partial charge in [-0.25, -0.2) is 0 Å². The molecule has 0 radical (unpaired) electrons. The van der Waals surface area contributed by atoms with E-state index in [1.807, 2.05) is 6.07 Å². The normalized spacial score (nSPS) is 9.82. The largest absolute Gasteiger partial charge is 0.497 e. The number of methoxy groups -OCH3 is 2. The zero-order valence-electron chi connectivity index (χ0n) is 10.1. The van der Waals surface area contributed by atoms with Crippen LogP contribution in [-0.4, -0.2) is 26.8 Å². The molecule has 2 N–H and O–H groups in total. The summed E-state index contributed by atoms with van der Waals surface area (Å²) in [5.41, 5.74) is 6.45. The van der Waals surface area contributed by atoms with Gasteiger partial charge < -0.3 is 19.9 Å². The molecule has 0 amide bonds. The number of nitrogens with two attached hydrogens (primary N) is 1. The van der Waals surface area contributed by atoms with Gasteiger partial charge in [-0.3, -0.25) is 4.79 Å². The molecule has 0 saturated heterocycles. The van der Waals surface area contributed by atoms with Crippen molar-refractivity contribution < 1.29 is 19.0 Å². The van der Waals surface area contributed by atoms with Crippen LogP contribution in [0, 0.1) is 0 Å². The number of rotatable bonds is 6. The summed E-state index contributed by atoms with van der Waals surface area (Å²) >= 11 is 0. The first kappa shape index (κ1) is 13.3. The lowest BCUT2D eigenvalue weighted by Gasteiger charge is -2.11. The molecule has 0 spiro atoms. The Hall–Kier alpha value is -1.75. The highest BCUT2D eigenvalue weighted by Crippen LogP contribution is 2.23. The zero-order chi connectivity index (χ0) is 12.7. The van der Waals surface area contributed by atoms with Crippen LogP contribution in [0.3, 0.4) is 0 Å². The Kier molecular flexibility index (Phi) is 5.29. The summed E-state index contributed by atoms with van der Waals surface area (Å²) in [6.07, 6.45) is 0.215. The van der Waals surface area contributed by atoms with Crippen molar-refractivity contribution in [3.05, 3.63) is 23.8 Å². The lowest BCUT2D eigenvalue weighted by Crippen LogP contribution is -2.09. The van der Waals surface area contributed by atoms with Crippen molar-refractivity contribution in [3.8, 4) is 11.5 Å². The molecular weight excluding hydrogens is 222 g/mol. The molecule has 0 bridgehead atoms.